The smallest absolute Gasteiger partial charge is 0.124 e. The third-order valence-electron chi connectivity index (χ3n) is 3.53. The number of imidazole rings is 1. The maximum atomic E-state index is 9.06. The van der Waals surface area contributed by atoms with Gasteiger partial charge < -0.3 is 9.67 Å². The van der Waals surface area contributed by atoms with E-state index < -0.39 is 0 Å². The monoisotopic (exact) mass is 261 g/mol. The molecule has 0 unspecified atom stereocenters. The number of aromatic nitrogens is 2. The Labute approximate surface area is 114 Å². The van der Waals surface area contributed by atoms with Gasteiger partial charge in [0.2, 0.25) is 0 Å². The second kappa shape index (κ2) is 6.68. The molecule has 4 heteroatoms. The predicted molar refractivity (Wildman–Crippen MR) is 78.1 cm³/mol. The number of aliphatic hydroxyl groups excluding tert-OH is 1. The first kappa shape index (κ1) is 14.0. The second-order valence-electron chi connectivity index (χ2n) is 4.71. The van der Waals surface area contributed by atoms with Crippen molar-refractivity contribution in [2.24, 2.45) is 0 Å². The normalized spacial score (nSPS) is 11.6. The number of aliphatic hydroxyl groups is 1. The van der Waals surface area contributed by atoms with Crippen LogP contribution in [0.2, 0.25) is 0 Å². The van der Waals surface area contributed by atoms with Gasteiger partial charge in [-0.15, -0.1) is 0 Å². The van der Waals surface area contributed by atoms with Gasteiger partial charge in [-0.25, -0.2) is 4.98 Å². The van der Waals surface area contributed by atoms with Crippen LogP contribution < -0.4 is 0 Å². The first-order valence-corrected chi connectivity index (χ1v) is 7.07. The van der Waals surface area contributed by atoms with Crippen LogP contribution in [0.3, 0.4) is 0 Å². The van der Waals surface area contributed by atoms with Gasteiger partial charge in [-0.1, -0.05) is 26.0 Å². The van der Waals surface area contributed by atoms with Crippen molar-refractivity contribution < 1.29 is 5.11 Å². The van der Waals surface area contributed by atoms with Gasteiger partial charge in [-0.05, 0) is 31.6 Å². The number of benzene rings is 1. The molecule has 0 aliphatic carbocycles. The molecule has 0 radical (unpaired) electrons. The molecule has 1 heterocycles. The maximum absolute atomic E-state index is 9.06. The van der Waals surface area contributed by atoms with Crippen molar-refractivity contribution in [3.8, 4) is 0 Å². The molecule has 0 saturated carbocycles. The Bertz CT molecular complexity index is 517. The number of aryl methyl sites for hydroxylation is 1. The molecule has 0 atom stereocenters. The van der Waals surface area contributed by atoms with E-state index >= 15 is 0 Å². The summed E-state index contributed by atoms with van der Waals surface area (Å²) in [6.45, 7) is 8.31. The molecule has 104 valence electrons. The molecular weight excluding hydrogens is 238 g/mol. The molecule has 0 aliphatic rings. The average molecular weight is 261 g/mol. The molecule has 2 rings (SSSR count). The molecule has 1 N–H and O–H groups in total. The quantitative estimate of drug-likeness (QED) is 0.831. The van der Waals surface area contributed by atoms with E-state index in [4.69, 9.17) is 10.1 Å². The number of nitrogens with zero attached hydrogens (tertiary/aromatic N) is 3. The van der Waals surface area contributed by atoms with Crippen LogP contribution in [0.1, 0.15) is 26.1 Å². The lowest BCUT2D eigenvalue weighted by atomic mass is 10.3. The van der Waals surface area contributed by atoms with E-state index in [9.17, 15) is 0 Å². The predicted octanol–water partition coefficient (Wildman–Crippen LogP) is 2.26. The van der Waals surface area contributed by atoms with Crippen LogP contribution in [-0.4, -0.2) is 39.3 Å². The summed E-state index contributed by atoms with van der Waals surface area (Å²) in [4.78, 5) is 7.10. The molecule has 0 fully saturated rings. The summed E-state index contributed by atoms with van der Waals surface area (Å²) in [5, 5.41) is 9.06. The van der Waals surface area contributed by atoms with Crippen molar-refractivity contribution in [1.29, 1.82) is 0 Å². The van der Waals surface area contributed by atoms with Crippen LogP contribution in [0.4, 0.5) is 0 Å². The van der Waals surface area contributed by atoms with Crippen molar-refractivity contribution >= 4 is 11.0 Å². The molecule has 1 aromatic carbocycles. The number of fused-ring (bicyclic) bond motifs is 1. The third kappa shape index (κ3) is 3.14. The van der Waals surface area contributed by atoms with Crippen molar-refractivity contribution in [1.82, 2.24) is 14.5 Å². The first-order chi connectivity index (χ1) is 9.30. The fraction of sp³-hybridized carbons (Fsp3) is 0.533. The Morgan fingerprint density at radius 3 is 2.63 bits per heavy atom. The van der Waals surface area contributed by atoms with E-state index in [0.717, 1.165) is 49.5 Å². The summed E-state index contributed by atoms with van der Waals surface area (Å²) in [7, 11) is 0. The molecule has 0 spiro atoms. The Balaban J connectivity index is 2.34. The standard InChI is InChI=1S/C15H23N3O/c1-3-17(4-2)12-15-16-13-8-5-6-9-14(13)18(15)10-7-11-19/h5-6,8-9,19H,3-4,7,10-12H2,1-2H3. The van der Waals surface area contributed by atoms with E-state index in [1.807, 2.05) is 12.1 Å². The summed E-state index contributed by atoms with van der Waals surface area (Å²) in [6.07, 6.45) is 0.769. The molecule has 19 heavy (non-hydrogen) atoms. The SMILES string of the molecule is CCN(CC)Cc1nc2ccccc2n1CCCO. The van der Waals surface area contributed by atoms with Gasteiger partial charge >= 0.3 is 0 Å². The van der Waals surface area contributed by atoms with Gasteiger partial charge in [0.1, 0.15) is 5.82 Å². The number of para-hydroxylation sites is 2. The summed E-state index contributed by atoms with van der Waals surface area (Å²) >= 11 is 0. The Hall–Kier alpha value is -1.39. The van der Waals surface area contributed by atoms with Crippen LogP contribution in [-0.2, 0) is 13.1 Å². The molecular formula is C15H23N3O. The topological polar surface area (TPSA) is 41.3 Å². The highest BCUT2D eigenvalue weighted by atomic mass is 16.3. The second-order valence-corrected chi connectivity index (χ2v) is 4.71. The van der Waals surface area contributed by atoms with Gasteiger partial charge in [-0.2, -0.15) is 0 Å². The maximum Gasteiger partial charge on any atom is 0.124 e. The summed E-state index contributed by atoms with van der Waals surface area (Å²) in [6, 6.07) is 8.22. The number of hydrogen-bond donors (Lipinski definition) is 1. The lowest BCUT2D eigenvalue weighted by molar-refractivity contribution is 0.269. The minimum atomic E-state index is 0.219. The molecule has 0 bridgehead atoms. The van der Waals surface area contributed by atoms with E-state index in [1.54, 1.807) is 0 Å². The summed E-state index contributed by atoms with van der Waals surface area (Å²) in [5.41, 5.74) is 2.21. The van der Waals surface area contributed by atoms with Gasteiger partial charge in [0.25, 0.3) is 0 Å². The van der Waals surface area contributed by atoms with Crippen molar-refractivity contribution in [3.63, 3.8) is 0 Å². The summed E-state index contributed by atoms with van der Waals surface area (Å²) in [5.74, 6) is 1.10. The Morgan fingerprint density at radius 2 is 1.95 bits per heavy atom. The number of rotatable bonds is 7. The van der Waals surface area contributed by atoms with Crippen LogP contribution in [0.15, 0.2) is 24.3 Å². The highest BCUT2D eigenvalue weighted by Gasteiger charge is 2.12. The Morgan fingerprint density at radius 1 is 1.21 bits per heavy atom. The van der Waals surface area contributed by atoms with Crippen molar-refractivity contribution in [3.05, 3.63) is 30.1 Å². The highest BCUT2D eigenvalue weighted by Crippen LogP contribution is 2.17. The highest BCUT2D eigenvalue weighted by molar-refractivity contribution is 5.75. The lowest BCUT2D eigenvalue weighted by Gasteiger charge is -2.18. The zero-order chi connectivity index (χ0) is 13.7. The van der Waals surface area contributed by atoms with E-state index in [1.165, 1.54) is 0 Å². The fourth-order valence-electron chi connectivity index (χ4n) is 2.37. The molecule has 4 nitrogen and oxygen atoms in total. The van der Waals surface area contributed by atoms with Gasteiger partial charge in [0.05, 0.1) is 17.6 Å². The lowest BCUT2D eigenvalue weighted by Crippen LogP contribution is -2.24. The zero-order valence-electron chi connectivity index (χ0n) is 11.8. The van der Waals surface area contributed by atoms with Crippen molar-refractivity contribution in [2.45, 2.75) is 33.4 Å². The van der Waals surface area contributed by atoms with E-state index in [0.29, 0.717) is 0 Å². The largest absolute Gasteiger partial charge is 0.396 e. The minimum Gasteiger partial charge on any atom is -0.396 e. The van der Waals surface area contributed by atoms with Gasteiger partial charge in [0, 0.05) is 13.2 Å². The minimum absolute atomic E-state index is 0.219. The Kier molecular flexibility index (Phi) is 4.93. The number of hydrogen-bond acceptors (Lipinski definition) is 3. The molecule has 0 aliphatic heterocycles. The molecule has 1 aromatic heterocycles. The molecule has 0 saturated heterocycles. The van der Waals surface area contributed by atoms with Crippen LogP contribution in [0.25, 0.3) is 11.0 Å². The van der Waals surface area contributed by atoms with Gasteiger partial charge in [-0.3, -0.25) is 4.90 Å². The van der Waals surface area contributed by atoms with E-state index in [2.05, 4.69) is 35.4 Å². The van der Waals surface area contributed by atoms with Crippen LogP contribution in [0.5, 0.6) is 0 Å². The zero-order valence-corrected chi connectivity index (χ0v) is 11.8. The van der Waals surface area contributed by atoms with Gasteiger partial charge in [0.15, 0.2) is 0 Å². The fourth-order valence-corrected chi connectivity index (χ4v) is 2.37. The average Bonchev–Trinajstić information content (AvgIpc) is 2.79. The van der Waals surface area contributed by atoms with Crippen molar-refractivity contribution in [2.75, 3.05) is 19.7 Å². The van der Waals surface area contributed by atoms with E-state index in [-0.39, 0.29) is 6.61 Å². The van der Waals surface area contributed by atoms with Crippen LogP contribution in [0, 0.1) is 0 Å². The third-order valence-corrected chi connectivity index (χ3v) is 3.53. The molecule has 0 amide bonds. The first-order valence-electron chi connectivity index (χ1n) is 7.07. The van der Waals surface area contributed by atoms with Crippen LogP contribution >= 0.6 is 0 Å². The molecule has 2 aromatic rings. The summed E-state index contributed by atoms with van der Waals surface area (Å²) < 4.78 is 2.24.